The first-order chi connectivity index (χ1) is 14.3. The average Bonchev–Trinajstić information content (AvgIpc) is 3.18. The van der Waals surface area contributed by atoms with Crippen LogP contribution in [0.2, 0.25) is 0 Å². The average molecular weight is 384 g/mol. The number of nitrogens with one attached hydrogen (secondary N) is 3. The molecule has 2 heterocycles. The maximum absolute atomic E-state index is 12.3. The second-order valence-corrected chi connectivity index (χ2v) is 6.96. The molecule has 0 spiro atoms. The first-order valence-corrected chi connectivity index (χ1v) is 9.86. The van der Waals surface area contributed by atoms with Crippen molar-refractivity contribution in [3.8, 4) is 0 Å². The van der Waals surface area contributed by atoms with Crippen molar-refractivity contribution in [3.63, 3.8) is 0 Å². The predicted molar refractivity (Wildman–Crippen MR) is 117 cm³/mol. The SMILES string of the molecule is O=C(NCCc1ccccc1)c1ccc(NCCc2c[nH]c3ccccc23)nc1. The summed E-state index contributed by atoms with van der Waals surface area (Å²) in [4.78, 5) is 19.9. The largest absolute Gasteiger partial charge is 0.370 e. The molecule has 3 N–H and O–H groups in total. The minimum atomic E-state index is -0.0984. The number of aromatic nitrogens is 2. The highest BCUT2D eigenvalue weighted by atomic mass is 16.1. The number of nitrogens with zero attached hydrogens (tertiary/aromatic N) is 1. The van der Waals surface area contributed by atoms with E-state index in [0.717, 1.165) is 30.7 Å². The van der Waals surface area contributed by atoms with Gasteiger partial charge in [0, 0.05) is 36.4 Å². The quantitative estimate of drug-likeness (QED) is 0.427. The highest BCUT2D eigenvalue weighted by Gasteiger charge is 2.06. The van der Waals surface area contributed by atoms with Crippen LogP contribution in [0.5, 0.6) is 0 Å². The molecular weight excluding hydrogens is 360 g/mol. The zero-order valence-electron chi connectivity index (χ0n) is 16.2. The second kappa shape index (κ2) is 9.06. The monoisotopic (exact) mass is 384 g/mol. The van der Waals surface area contributed by atoms with E-state index in [-0.39, 0.29) is 5.91 Å². The summed E-state index contributed by atoms with van der Waals surface area (Å²) in [7, 11) is 0. The molecule has 4 rings (SSSR count). The number of hydrogen-bond donors (Lipinski definition) is 3. The van der Waals surface area contributed by atoms with Crippen LogP contribution in [0.15, 0.2) is 79.1 Å². The van der Waals surface area contributed by atoms with E-state index in [1.165, 1.54) is 16.5 Å². The molecule has 2 aromatic heterocycles. The van der Waals surface area contributed by atoms with Crippen molar-refractivity contribution in [3.05, 3.63) is 95.8 Å². The normalized spacial score (nSPS) is 10.8. The Morgan fingerprint density at radius 1 is 0.897 bits per heavy atom. The first kappa shape index (κ1) is 18.7. The van der Waals surface area contributed by atoms with Gasteiger partial charge < -0.3 is 15.6 Å². The van der Waals surface area contributed by atoms with Gasteiger partial charge in [0.25, 0.3) is 5.91 Å². The third kappa shape index (κ3) is 4.82. The van der Waals surface area contributed by atoms with Crippen molar-refractivity contribution in [2.45, 2.75) is 12.8 Å². The minimum absolute atomic E-state index is 0.0984. The number of carbonyl (C=O) groups excluding carboxylic acids is 1. The molecule has 4 aromatic rings. The van der Waals surface area contributed by atoms with Gasteiger partial charge in [-0.25, -0.2) is 4.98 Å². The van der Waals surface area contributed by atoms with E-state index in [1.807, 2.05) is 30.3 Å². The van der Waals surface area contributed by atoms with Gasteiger partial charge in [-0.1, -0.05) is 48.5 Å². The molecule has 5 heteroatoms. The van der Waals surface area contributed by atoms with Crippen LogP contribution in [0.3, 0.4) is 0 Å². The lowest BCUT2D eigenvalue weighted by Crippen LogP contribution is -2.25. The Morgan fingerprint density at radius 2 is 1.72 bits per heavy atom. The summed E-state index contributed by atoms with van der Waals surface area (Å²) in [5.41, 5.74) is 4.21. The molecule has 0 radical (unpaired) electrons. The number of rotatable bonds is 8. The molecule has 0 saturated carbocycles. The Kier molecular flexibility index (Phi) is 5.86. The van der Waals surface area contributed by atoms with Gasteiger partial charge in [-0.05, 0) is 42.2 Å². The van der Waals surface area contributed by atoms with Gasteiger partial charge in [-0.3, -0.25) is 4.79 Å². The molecule has 0 aliphatic heterocycles. The lowest BCUT2D eigenvalue weighted by molar-refractivity contribution is 0.0954. The minimum Gasteiger partial charge on any atom is -0.370 e. The van der Waals surface area contributed by atoms with Crippen molar-refractivity contribution < 1.29 is 4.79 Å². The molecule has 0 saturated heterocycles. The van der Waals surface area contributed by atoms with Gasteiger partial charge in [-0.15, -0.1) is 0 Å². The van der Waals surface area contributed by atoms with Gasteiger partial charge in [0.2, 0.25) is 0 Å². The highest BCUT2D eigenvalue weighted by molar-refractivity contribution is 5.94. The fourth-order valence-corrected chi connectivity index (χ4v) is 3.36. The Hall–Kier alpha value is -3.60. The first-order valence-electron chi connectivity index (χ1n) is 9.86. The van der Waals surface area contributed by atoms with Crippen molar-refractivity contribution in [1.29, 1.82) is 0 Å². The third-order valence-electron chi connectivity index (χ3n) is 4.94. The van der Waals surface area contributed by atoms with E-state index >= 15 is 0 Å². The summed E-state index contributed by atoms with van der Waals surface area (Å²) >= 11 is 0. The predicted octanol–water partition coefficient (Wildman–Crippen LogP) is 4.19. The molecule has 0 aliphatic rings. The van der Waals surface area contributed by atoms with Crippen molar-refractivity contribution >= 4 is 22.6 Å². The lowest BCUT2D eigenvalue weighted by Gasteiger charge is -2.08. The molecule has 2 aromatic carbocycles. The molecule has 0 fully saturated rings. The number of para-hydroxylation sites is 1. The Bertz CT molecular complexity index is 1070. The fourth-order valence-electron chi connectivity index (χ4n) is 3.36. The maximum Gasteiger partial charge on any atom is 0.252 e. The van der Waals surface area contributed by atoms with Crippen molar-refractivity contribution in [1.82, 2.24) is 15.3 Å². The van der Waals surface area contributed by atoms with E-state index in [1.54, 1.807) is 12.3 Å². The summed E-state index contributed by atoms with van der Waals surface area (Å²) in [6, 6.07) is 22.1. The standard InChI is InChI=1S/C24H24N4O/c29-24(26-14-12-18-6-2-1-3-7-18)20-10-11-23(28-17-20)25-15-13-19-16-27-22-9-5-4-8-21(19)22/h1-11,16-17,27H,12-15H2,(H,25,28)(H,26,29). The van der Waals surface area contributed by atoms with E-state index in [0.29, 0.717) is 12.1 Å². The summed E-state index contributed by atoms with van der Waals surface area (Å²) < 4.78 is 0. The van der Waals surface area contributed by atoms with Crippen molar-refractivity contribution in [2.75, 3.05) is 18.4 Å². The number of benzene rings is 2. The van der Waals surface area contributed by atoms with E-state index < -0.39 is 0 Å². The van der Waals surface area contributed by atoms with Crippen LogP contribution in [0.1, 0.15) is 21.5 Å². The number of amides is 1. The van der Waals surface area contributed by atoms with Crippen LogP contribution in [0.4, 0.5) is 5.82 Å². The zero-order chi connectivity index (χ0) is 19.9. The Morgan fingerprint density at radius 3 is 2.55 bits per heavy atom. The van der Waals surface area contributed by atoms with Crippen LogP contribution in [0, 0.1) is 0 Å². The number of H-pyrrole nitrogens is 1. The molecule has 29 heavy (non-hydrogen) atoms. The molecule has 1 amide bonds. The number of anilines is 1. The third-order valence-corrected chi connectivity index (χ3v) is 4.94. The molecule has 0 atom stereocenters. The Labute approximate surface area is 170 Å². The second-order valence-electron chi connectivity index (χ2n) is 6.96. The van der Waals surface area contributed by atoms with Crippen LogP contribution < -0.4 is 10.6 Å². The lowest BCUT2D eigenvalue weighted by atomic mass is 10.1. The molecular formula is C24H24N4O. The molecule has 0 unspecified atom stereocenters. The summed E-state index contributed by atoms with van der Waals surface area (Å²) in [6.07, 6.45) is 5.38. The maximum atomic E-state index is 12.3. The molecule has 5 nitrogen and oxygen atoms in total. The number of carbonyl (C=O) groups is 1. The highest BCUT2D eigenvalue weighted by Crippen LogP contribution is 2.18. The van der Waals surface area contributed by atoms with E-state index in [4.69, 9.17) is 0 Å². The molecule has 0 aliphatic carbocycles. The van der Waals surface area contributed by atoms with Gasteiger partial charge in [0.1, 0.15) is 5.82 Å². The summed E-state index contributed by atoms with van der Waals surface area (Å²) in [6.45, 7) is 1.38. The molecule has 0 bridgehead atoms. The number of fused-ring (bicyclic) bond motifs is 1. The fraction of sp³-hybridized carbons (Fsp3) is 0.167. The number of pyridine rings is 1. The van der Waals surface area contributed by atoms with E-state index in [9.17, 15) is 4.79 Å². The van der Waals surface area contributed by atoms with Gasteiger partial charge >= 0.3 is 0 Å². The smallest absolute Gasteiger partial charge is 0.252 e. The molecule has 146 valence electrons. The zero-order valence-corrected chi connectivity index (χ0v) is 16.2. The summed E-state index contributed by atoms with van der Waals surface area (Å²) in [5, 5.41) is 7.52. The van der Waals surface area contributed by atoms with Crippen LogP contribution >= 0.6 is 0 Å². The van der Waals surface area contributed by atoms with E-state index in [2.05, 4.69) is 57.1 Å². The van der Waals surface area contributed by atoms with Crippen LogP contribution in [0.25, 0.3) is 10.9 Å². The van der Waals surface area contributed by atoms with Crippen LogP contribution in [-0.4, -0.2) is 29.0 Å². The van der Waals surface area contributed by atoms with Crippen molar-refractivity contribution in [2.24, 2.45) is 0 Å². The topological polar surface area (TPSA) is 69.8 Å². The summed E-state index contributed by atoms with van der Waals surface area (Å²) in [5.74, 6) is 0.671. The van der Waals surface area contributed by atoms with Gasteiger partial charge in [0.05, 0.1) is 5.56 Å². The van der Waals surface area contributed by atoms with Gasteiger partial charge in [0.15, 0.2) is 0 Å². The van der Waals surface area contributed by atoms with Gasteiger partial charge in [-0.2, -0.15) is 0 Å². The Balaban J connectivity index is 1.24. The number of aromatic amines is 1. The number of hydrogen-bond acceptors (Lipinski definition) is 3. The van der Waals surface area contributed by atoms with Crippen LogP contribution in [-0.2, 0) is 12.8 Å².